The predicted octanol–water partition coefficient (Wildman–Crippen LogP) is 4.60. The number of aryl methyl sites for hydroxylation is 1. The highest BCUT2D eigenvalue weighted by atomic mass is 16.5. The molecule has 0 spiro atoms. The number of anilines is 2. The smallest absolute Gasteiger partial charge is 0.0479 e. The molecule has 23 heavy (non-hydrogen) atoms. The molecule has 0 saturated carbocycles. The van der Waals surface area contributed by atoms with E-state index < -0.39 is 0 Å². The number of nitrogens with one attached hydrogen (secondary N) is 1. The highest BCUT2D eigenvalue weighted by molar-refractivity contribution is 5.69. The summed E-state index contributed by atoms with van der Waals surface area (Å²) >= 11 is 0. The van der Waals surface area contributed by atoms with Gasteiger partial charge in [0, 0.05) is 44.7 Å². The SMILES string of the molecule is CCCNc1cc2c(cc1CC)C(C)(C)CCN2CCCOC. The van der Waals surface area contributed by atoms with Crippen molar-refractivity contribution in [3.05, 3.63) is 23.3 Å². The van der Waals surface area contributed by atoms with Gasteiger partial charge < -0.3 is 15.0 Å². The van der Waals surface area contributed by atoms with Crippen LogP contribution in [0.5, 0.6) is 0 Å². The third-order valence-corrected chi connectivity index (χ3v) is 5.02. The highest BCUT2D eigenvalue weighted by Gasteiger charge is 2.31. The molecular formula is C20H34N2O. The minimum Gasteiger partial charge on any atom is -0.385 e. The molecule has 1 aliphatic heterocycles. The molecule has 0 bridgehead atoms. The van der Waals surface area contributed by atoms with Crippen molar-refractivity contribution in [3.63, 3.8) is 0 Å². The standard InChI is InChI=1S/C20H34N2O/c1-6-10-21-18-15-19-17(14-16(18)7-2)20(3,4)9-12-22(19)11-8-13-23-5/h14-15,21H,6-13H2,1-5H3. The summed E-state index contributed by atoms with van der Waals surface area (Å²) in [7, 11) is 1.79. The normalized spacial score (nSPS) is 16.3. The molecule has 0 amide bonds. The quantitative estimate of drug-likeness (QED) is 0.709. The van der Waals surface area contributed by atoms with Crippen LogP contribution in [0.25, 0.3) is 0 Å². The van der Waals surface area contributed by atoms with E-state index in [9.17, 15) is 0 Å². The van der Waals surface area contributed by atoms with E-state index in [1.165, 1.54) is 28.9 Å². The van der Waals surface area contributed by atoms with Gasteiger partial charge in [-0.25, -0.2) is 0 Å². The Morgan fingerprint density at radius 2 is 2.04 bits per heavy atom. The number of benzene rings is 1. The van der Waals surface area contributed by atoms with Crippen molar-refractivity contribution in [2.45, 2.75) is 58.8 Å². The predicted molar refractivity (Wildman–Crippen MR) is 101 cm³/mol. The lowest BCUT2D eigenvalue weighted by molar-refractivity contribution is 0.195. The van der Waals surface area contributed by atoms with Gasteiger partial charge in [0.15, 0.2) is 0 Å². The van der Waals surface area contributed by atoms with E-state index in [1.54, 1.807) is 7.11 Å². The van der Waals surface area contributed by atoms with Gasteiger partial charge in [0.05, 0.1) is 0 Å². The monoisotopic (exact) mass is 318 g/mol. The van der Waals surface area contributed by atoms with Gasteiger partial charge in [0.1, 0.15) is 0 Å². The third kappa shape index (κ3) is 4.20. The van der Waals surface area contributed by atoms with E-state index in [0.29, 0.717) is 0 Å². The van der Waals surface area contributed by atoms with Crippen LogP contribution >= 0.6 is 0 Å². The average molecular weight is 319 g/mol. The van der Waals surface area contributed by atoms with Crippen molar-refractivity contribution in [2.24, 2.45) is 0 Å². The van der Waals surface area contributed by atoms with E-state index in [0.717, 1.165) is 45.5 Å². The summed E-state index contributed by atoms with van der Waals surface area (Å²) < 4.78 is 5.24. The van der Waals surface area contributed by atoms with Crippen LogP contribution in [0.1, 0.15) is 58.1 Å². The first-order valence-electron chi connectivity index (χ1n) is 9.18. The molecule has 0 radical (unpaired) electrons. The zero-order valence-electron chi connectivity index (χ0n) is 15.7. The number of hydrogen-bond acceptors (Lipinski definition) is 3. The maximum Gasteiger partial charge on any atom is 0.0479 e. The molecule has 0 atom stereocenters. The fraction of sp³-hybridized carbons (Fsp3) is 0.700. The average Bonchev–Trinajstić information content (AvgIpc) is 2.54. The molecule has 2 rings (SSSR count). The summed E-state index contributed by atoms with van der Waals surface area (Å²) in [5, 5.41) is 3.63. The summed E-state index contributed by atoms with van der Waals surface area (Å²) in [5.74, 6) is 0. The molecule has 130 valence electrons. The first-order chi connectivity index (χ1) is 11.0. The van der Waals surface area contributed by atoms with Crippen molar-refractivity contribution in [3.8, 4) is 0 Å². The van der Waals surface area contributed by atoms with Gasteiger partial charge in [-0.05, 0) is 48.3 Å². The van der Waals surface area contributed by atoms with Crippen LogP contribution in [0.4, 0.5) is 11.4 Å². The van der Waals surface area contributed by atoms with Crippen LogP contribution < -0.4 is 10.2 Å². The van der Waals surface area contributed by atoms with Crippen molar-refractivity contribution >= 4 is 11.4 Å². The Bertz CT molecular complexity index is 511. The van der Waals surface area contributed by atoms with Gasteiger partial charge in [-0.3, -0.25) is 0 Å². The van der Waals surface area contributed by atoms with Crippen molar-refractivity contribution in [2.75, 3.05) is 43.6 Å². The van der Waals surface area contributed by atoms with Crippen molar-refractivity contribution in [1.29, 1.82) is 0 Å². The number of nitrogens with zero attached hydrogens (tertiary/aromatic N) is 1. The number of methoxy groups -OCH3 is 1. The molecule has 0 aromatic heterocycles. The molecule has 1 aromatic carbocycles. The fourth-order valence-electron chi connectivity index (χ4n) is 3.46. The van der Waals surface area contributed by atoms with Gasteiger partial charge in [-0.15, -0.1) is 0 Å². The maximum atomic E-state index is 5.24. The number of ether oxygens (including phenoxy) is 1. The molecule has 1 N–H and O–H groups in total. The second kappa shape index (κ2) is 8.05. The first kappa shape index (κ1) is 18.1. The zero-order chi connectivity index (χ0) is 16.9. The lowest BCUT2D eigenvalue weighted by Crippen LogP contribution is -2.38. The first-order valence-corrected chi connectivity index (χ1v) is 9.18. The van der Waals surface area contributed by atoms with E-state index in [2.05, 4.69) is 50.0 Å². The largest absolute Gasteiger partial charge is 0.385 e. The van der Waals surface area contributed by atoms with Crippen LogP contribution in [-0.4, -0.2) is 33.4 Å². The van der Waals surface area contributed by atoms with Crippen LogP contribution in [0.2, 0.25) is 0 Å². The molecular weight excluding hydrogens is 284 g/mol. The zero-order valence-corrected chi connectivity index (χ0v) is 15.7. The Labute approximate surface area is 142 Å². The number of rotatable bonds is 8. The Morgan fingerprint density at radius 3 is 2.70 bits per heavy atom. The molecule has 1 aliphatic rings. The summed E-state index contributed by atoms with van der Waals surface area (Å²) in [6.07, 6.45) is 4.55. The summed E-state index contributed by atoms with van der Waals surface area (Å²) in [5.41, 5.74) is 5.97. The Balaban J connectivity index is 2.35. The van der Waals surface area contributed by atoms with Gasteiger partial charge in [0.25, 0.3) is 0 Å². The van der Waals surface area contributed by atoms with Crippen molar-refractivity contribution < 1.29 is 4.74 Å². The summed E-state index contributed by atoms with van der Waals surface area (Å²) in [6, 6.07) is 4.85. The lowest BCUT2D eigenvalue weighted by atomic mass is 9.76. The highest BCUT2D eigenvalue weighted by Crippen LogP contribution is 2.42. The van der Waals surface area contributed by atoms with Gasteiger partial charge in [-0.1, -0.05) is 33.8 Å². The molecule has 0 unspecified atom stereocenters. The molecule has 0 saturated heterocycles. The van der Waals surface area contributed by atoms with Crippen LogP contribution in [-0.2, 0) is 16.6 Å². The minimum atomic E-state index is 0.264. The van der Waals surface area contributed by atoms with Crippen LogP contribution in [0.3, 0.4) is 0 Å². The molecule has 3 heteroatoms. The Morgan fingerprint density at radius 1 is 1.26 bits per heavy atom. The molecule has 1 heterocycles. The molecule has 1 aromatic rings. The fourth-order valence-corrected chi connectivity index (χ4v) is 3.46. The second-order valence-electron chi connectivity index (χ2n) is 7.27. The molecule has 0 aliphatic carbocycles. The van der Waals surface area contributed by atoms with Crippen molar-refractivity contribution in [1.82, 2.24) is 0 Å². The minimum absolute atomic E-state index is 0.264. The van der Waals surface area contributed by atoms with E-state index in [1.807, 2.05) is 0 Å². The lowest BCUT2D eigenvalue weighted by Gasteiger charge is -2.41. The van der Waals surface area contributed by atoms with E-state index in [-0.39, 0.29) is 5.41 Å². The van der Waals surface area contributed by atoms with Gasteiger partial charge >= 0.3 is 0 Å². The number of fused-ring (bicyclic) bond motifs is 1. The molecule has 3 nitrogen and oxygen atoms in total. The molecule has 0 fully saturated rings. The summed E-state index contributed by atoms with van der Waals surface area (Å²) in [4.78, 5) is 2.55. The number of hydrogen-bond donors (Lipinski definition) is 1. The van der Waals surface area contributed by atoms with Crippen LogP contribution in [0, 0.1) is 0 Å². The second-order valence-corrected chi connectivity index (χ2v) is 7.27. The third-order valence-electron chi connectivity index (χ3n) is 5.02. The van der Waals surface area contributed by atoms with E-state index in [4.69, 9.17) is 4.74 Å². The maximum absolute atomic E-state index is 5.24. The topological polar surface area (TPSA) is 24.5 Å². The van der Waals surface area contributed by atoms with Gasteiger partial charge in [0.2, 0.25) is 0 Å². The summed E-state index contributed by atoms with van der Waals surface area (Å²) in [6.45, 7) is 13.3. The van der Waals surface area contributed by atoms with Gasteiger partial charge in [-0.2, -0.15) is 0 Å². The Hall–Kier alpha value is -1.22. The van der Waals surface area contributed by atoms with Crippen LogP contribution in [0.15, 0.2) is 12.1 Å². The Kier molecular flexibility index (Phi) is 6.34. The van der Waals surface area contributed by atoms with E-state index >= 15 is 0 Å².